The SMILES string of the molecule is C.CCC(C)=O.O=C1C2=C(CCC=C2)C(=O)N1CC(O)CNc1ccc(N2CCOCC2=O)cc1. The Morgan fingerprint density at radius 2 is 1.86 bits per heavy atom. The zero-order chi connectivity index (χ0) is 24.7. The predicted molar refractivity (Wildman–Crippen MR) is 134 cm³/mol. The molecule has 1 saturated heterocycles. The van der Waals surface area contributed by atoms with E-state index in [0.717, 1.165) is 22.7 Å². The van der Waals surface area contributed by atoms with Crippen molar-refractivity contribution in [1.29, 1.82) is 0 Å². The number of nitrogens with zero attached hydrogens (tertiary/aromatic N) is 2. The van der Waals surface area contributed by atoms with Gasteiger partial charge in [-0.3, -0.25) is 19.3 Å². The molecule has 0 bridgehead atoms. The number of ketones is 1. The first-order chi connectivity index (χ1) is 16.3. The van der Waals surface area contributed by atoms with Crippen LogP contribution in [0.4, 0.5) is 11.4 Å². The fourth-order valence-corrected chi connectivity index (χ4v) is 3.71. The summed E-state index contributed by atoms with van der Waals surface area (Å²) in [4.78, 5) is 49.3. The number of ether oxygens (including phenoxy) is 1. The van der Waals surface area contributed by atoms with Crippen LogP contribution in [0.25, 0.3) is 0 Å². The fraction of sp³-hybridized carbons (Fsp3) is 0.462. The highest BCUT2D eigenvalue weighted by Gasteiger charge is 2.38. The maximum absolute atomic E-state index is 12.4. The fourth-order valence-electron chi connectivity index (χ4n) is 3.71. The molecule has 0 radical (unpaired) electrons. The third kappa shape index (κ3) is 7.10. The van der Waals surface area contributed by atoms with E-state index in [2.05, 4.69) is 5.32 Å². The molecule has 4 rings (SSSR count). The van der Waals surface area contributed by atoms with Crippen molar-refractivity contribution in [2.45, 2.75) is 46.6 Å². The molecule has 2 aliphatic heterocycles. The lowest BCUT2D eigenvalue weighted by molar-refractivity contribution is -0.139. The number of rotatable bonds is 7. The Morgan fingerprint density at radius 1 is 1.17 bits per heavy atom. The summed E-state index contributed by atoms with van der Waals surface area (Å²) >= 11 is 0. The third-order valence-electron chi connectivity index (χ3n) is 5.75. The number of carbonyl (C=O) groups excluding carboxylic acids is 4. The van der Waals surface area contributed by atoms with Crippen LogP contribution in [-0.2, 0) is 23.9 Å². The number of hydrogen-bond donors (Lipinski definition) is 2. The minimum atomic E-state index is -0.895. The molecule has 9 nitrogen and oxygen atoms in total. The predicted octanol–water partition coefficient (Wildman–Crippen LogP) is 2.46. The average Bonchev–Trinajstić information content (AvgIpc) is 3.09. The second-order valence-electron chi connectivity index (χ2n) is 8.29. The molecular weight excluding hydrogens is 450 g/mol. The van der Waals surface area contributed by atoms with E-state index in [4.69, 9.17) is 4.74 Å². The van der Waals surface area contributed by atoms with Crippen LogP contribution in [0.5, 0.6) is 0 Å². The van der Waals surface area contributed by atoms with Gasteiger partial charge in [-0.2, -0.15) is 0 Å². The van der Waals surface area contributed by atoms with Crippen molar-refractivity contribution in [3.05, 3.63) is 47.6 Å². The number of carbonyl (C=O) groups is 4. The number of anilines is 2. The van der Waals surface area contributed by atoms with Crippen molar-refractivity contribution in [2.75, 3.05) is 43.1 Å². The number of nitrogens with one attached hydrogen (secondary N) is 1. The second kappa shape index (κ2) is 13.0. The number of aliphatic hydroxyl groups excluding tert-OH is 1. The molecule has 0 aromatic heterocycles. The van der Waals surface area contributed by atoms with Crippen LogP contribution in [0.15, 0.2) is 47.6 Å². The molecule has 2 N–H and O–H groups in total. The number of morpholine rings is 1. The first-order valence-electron chi connectivity index (χ1n) is 11.5. The Bertz CT molecular complexity index is 999. The standard InChI is InChI=1S/C21H23N3O5.C4H8O.CH4/c25-16(12-24-20(27)17-3-1-2-4-18(17)21(24)28)11-22-14-5-7-15(8-6-14)23-9-10-29-13-19(23)26;1-3-4(2)5;/h1,3,5-8,16,22,25H,2,4,9-13H2;3H2,1-2H3;1H4. The lowest BCUT2D eigenvalue weighted by Crippen LogP contribution is -2.41. The summed E-state index contributed by atoms with van der Waals surface area (Å²) in [5.74, 6) is -0.448. The molecule has 0 spiro atoms. The Morgan fingerprint density at radius 3 is 2.46 bits per heavy atom. The lowest BCUT2D eigenvalue weighted by atomic mass is 10.00. The number of β-amino-alcohol motifs (C(OH)–C–C–N with tert-alkyl or cyclic N) is 1. The molecule has 2 heterocycles. The molecule has 9 heteroatoms. The molecule has 3 amide bonds. The first-order valence-corrected chi connectivity index (χ1v) is 11.5. The summed E-state index contributed by atoms with van der Waals surface area (Å²) < 4.78 is 5.13. The molecule has 35 heavy (non-hydrogen) atoms. The van der Waals surface area contributed by atoms with E-state index < -0.39 is 6.10 Å². The van der Waals surface area contributed by atoms with E-state index in [1.165, 1.54) is 0 Å². The highest BCUT2D eigenvalue weighted by Crippen LogP contribution is 2.29. The zero-order valence-electron chi connectivity index (χ0n) is 19.6. The Balaban J connectivity index is 0.000000656. The van der Waals surface area contributed by atoms with Crippen LogP contribution < -0.4 is 10.2 Å². The van der Waals surface area contributed by atoms with Crippen molar-refractivity contribution in [3.8, 4) is 0 Å². The third-order valence-corrected chi connectivity index (χ3v) is 5.75. The van der Waals surface area contributed by atoms with E-state index in [9.17, 15) is 24.3 Å². The number of allylic oxidation sites excluding steroid dienone is 1. The molecule has 3 aliphatic rings. The zero-order valence-corrected chi connectivity index (χ0v) is 19.6. The van der Waals surface area contributed by atoms with E-state index >= 15 is 0 Å². The Kier molecular flexibility index (Phi) is 10.4. The first kappa shape index (κ1) is 27.9. The monoisotopic (exact) mass is 485 g/mol. The topological polar surface area (TPSA) is 116 Å². The lowest BCUT2D eigenvalue weighted by Gasteiger charge is -2.27. The van der Waals surface area contributed by atoms with Gasteiger partial charge in [0, 0.05) is 42.0 Å². The maximum atomic E-state index is 12.4. The smallest absolute Gasteiger partial charge is 0.261 e. The van der Waals surface area contributed by atoms with Crippen molar-refractivity contribution in [2.24, 2.45) is 0 Å². The quantitative estimate of drug-likeness (QED) is 0.570. The summed E-state index contributed by atoms with van der Waals surface area (Å²) in [6, 6.07) is 7.30. The normalized spacial score (nSPS) is 18.0. The largest absolute Gasteiger partial charge is 0.389 e. The summed E-state index contributed by atoms with van der Waals surface area (Å²) in [6.07, 6.45) is 4.68. The summed E-state index contributed by atoms with van der Waals surface area (Å²) in [7, 11) is 0. The van der Waals surface area contributed by atoms with Crippen LogP contribution in [0.1, 0.15) is 40.5 Å². The van der Waals surface area contributed by atoms with Gasteiger partial charge < -0.3 is 24.9 Å². The minimum absolute atomic E-state index is 0. The van der Waals surface area contributed by atoms with E-state index in [1.54, 1.807) is 17.9 Å². The van der Waals surface area contributed by atoms with Crippen LogP contribution >= 0.6 is 0 Å². The molecule has 1 aromatic rings. The van der Waals surface area contributed by atoms with Crippen molar-refractivity contribution >= 4 is 34.9 Å². The molecule has 1 fully saturated rings. The number of hydrogen-bond acceptors (Lipinski definition) is 7. The van der Waals surface area contributed by atoms with Crippen LogP contribution in [-0.4, -0.2) is 72.5 Å². The summed E-state index contributed by atoms with van der Waals surface area (Å²) in [5.41, 5.74) is 2.57. The van der Waals surface area contributed by atoms with Crippen LogP contribution in [0.3, 0.4) is 0 Å². The molecule has 1 aliphatic carbocycles. The van der Waals surface area contributed by atoms with E-state index in [1.807, 2.05) is 37.3 Å². The van der Waals surface area contributed by atoms with Crippen molar-refractivity contribution < 1.29 is 29.0 Å². The van der Waals surface area contributed by atoms with Crippen molar-refractivity contribution in [1.82, 2.24) is 4.90 Å². The van der Waals surface area contributed by atoms with Gasteiger partial charge >= 0.3 is 0 Å². The van der Waals surface area contributed by atoms with Gasteiger partial charge in [-0.15, -0.1) is 0 Å². The van der Waals surface area contributed by atoms with E-state index in [0.29, 0.717) is 37.1 Å². The number of imide groups is 1. The van der Waals surface area contributed by atoms with E-state index in [-0.39, 0.29) is 50.6 Å². The highest BCUT2D eigenvalue weighted by atomic mass is 16.5. The highest BCUT2D eigenvalue weighted by molar-refractivity contribution is 6.20. The van der Waals surface area contributed by atoms with Gasteiger partial charge in [-0.1, -0.05) is 26.5 Å². The van der Waals surface area contributed by atoms with Gasteiger partial charge in [0.05, 0.1) is 19.3 Å². The van der Waals surface area contributed by atoms with Gasteiger partial charge in [0.1, 0.15) is 12.4 Å². The Hall–Kier alpha value is -3.30. The number of aliphatic hydroxyl groups is 1. The maximum Gasteiger partial charge on any atom is 0.261 e. The average molecular weight is 486 g/mol. The molecule has 190 valence electrons. The number of benzene rings is 1. The number of amides is 3. The molecule has 1 aromatic carbocycles. The van der Waals surface area contributed by atoms with Gasteiger partial charge in [-0.25, -0.2) is 0 Å². The van der Waals surface area contributed by atoms with Gasteiger partial charge in [0.15, 0.2) is 0 Å². The van der Waals surface area contributed by atoms with Crippen LogP contribution in [0, 0.1) is 0 Å². The van der Waals surface area contributed by atoms with Gasteiger partial charge in [0.2, 0.25) is 0 Å². The van der Waals surface area contributed by atoms with Crippen molar-refractivity contribution in [3.63, 3.8) is 0 Å². The second-order valence-corrected chi connectivity index (χ2v) is 8.29. The number of Topliss-reactive ketones (excluding diaryl/α,β-unsaturated/α-hetero) is 1. The molecule has 1 unspecified atom stereocenters. The summed E-state index contributed by atoms with van der Waals surface area (Å²) in [6.45, 7) is 4.70. The summed E-state index contributed by atoms with van der Waals surface area (Å²) in [5, 5.41) is 13.4. The minimum Gasteiger partial charge on any atom is -0.389 e. The Labute approximate surface area is 206 Å². The van der Waals surface area contributed by atoms with Crippen LogP contribution in [0.2, 0.25) is 0 Å². The molecule has 1 atom stereocenters. The molecular formula is C26H35N3O6. The van der Waals surface area contributed by atoms with Gasteiger partial charge in [0.25, 0.3) is 17.7 Å². The molecule has 0 saturated carbocycles. The van der Waals surface area contributed by atoms with Gasteiger partial charge in [-0.05, 0) is 44.0 Å².